The Bertz CT molecular complexity index is 1040. The molecule has 0 saturated heterocycles. The molecule has 1 N–H and O–H groups in total. The van der Waals surface area contributed by atoms with Gasteiger partial charge in [0, 0.05) is 17.1 Å². The molecule has 0 bridgehead atoms. The van der Waals surface area contributed by atoms with E-state index in [1.165, 1.54) is 0 Å². The van der Waals surface area contributed by atoms with Crippen LogP contribution in [0.4, 0.5) is 0 Å². The first-order chi connectivity index (χ1) is 12.3. The lowest BCUT2D eigenvalue weighted by molar-refractivity contribution is 0.373. The minimum Gasteiger partial charge on any atom is -0.504 e. The van der Waals surface area contributed by atoms with Crippen LogP contribution in [0.25, 0.3) is 33.2 Å². The number of benzene rings is 3. The number of phenolic OH excluding ortho intramolecular Hbond substituents is 1. The van der Waals surface area contributed by atoms with Gasteiger partial charge in [-0.3, -0.25) is 4.98 Å². The number of hydrogen-bond donors (Lipinski definition) is 1. The van der Waals surface area contributed by atoms with Gasteiger partial charge in [-0.25, -0.2) is 0 Å². The molecular weight excluding hydrogens is 310 g/mol. The van der Waals surface area contributed by atoms with Crippen LogP contribution in [0.5, 0.6) is 11.5 Å². The van der Waals surface area contributed by atoms with Crippen molar-refractivity contribution in [1.82, 2.24) is 4.98 Å². The van der Waals surface area contributed by atoms with Crippen molar-refractivity contribution >= 4 is 10.8 Å². The summed E-state index contributed by atoms with van der Waals surface area (Å²) in [6.45, 7) is 0. The van der Waals surface area contributed by atoms with Gasteiger partial charge in [0.2, 0.25) is 0 Å². The lowest BCUT2D eigenvalue weighted by Crippen LogP contribution is -1.88. The van der Waals surface area contributed by atoms with Crippen molar-refractivity contribution in [3.8, 4) is 33.9 Å². The monoisotopic (exact) mass is 327 g/mol. The van der Waals surface area contributed by atoms with Gasteiger partial charge in [-0.05, 0) is 40.8 Å². The molecule has 1 aromatic heterocycles. The zero-order chi connectivity index (χ0) is 17.2. The van der Waals surface area contributed by atoms with E-state index in [0.29, 0.717) is 5.75 Å². The predicted octanol–water partition coefficient (Wildman–Crippen LogP) is 5.28. The fourth-order valence-corrected chi connectivity index (χ4v) is 3.04. The standard InChI is InChI=1S/C22H17NO2/c1-25-21-14-17(8-10-20(21)24)16-7-9-19-18(13-16)11-12-23-22(19)15-5-3-2-4-6-15/h2-14,24H,1H3. The number of aromatic hydroxyl groups is 1. The largest absolute Gasteiger partial charge is 0.504 e. The molecule has 0 aliphatic carbocycles. The second kappa shape index (κ2) is 6.29. The van der Waals surface area contributed by atoms with E-state index in [-0.39, 0.29) is 5.75 Å². The van der Waals surface area contributed by atoms with E-state index in [0.717, 1.165) is 33.2 Å². The van der Waals surface area contributed by atoms with Crippen molar-refractivity contribution in [2.45, 2.75) is 0 Å². The van der Waals surface area contributed by atoms with Crippen LogP contribution in [0.1, 0.15) is 0 Å². The van der Waals surface area contributed by atoms with Gasteiger partial charge in [-0.15, -0.1) is 0 Å². The summed E-state index contributed by atoms with van der Waals surface area (Å²) < 4.78 is 5.21. The maximum atomic E-state index is 9.78. The zero-order valence-electron chi connectivity index (χ0n) is 13.8. The van der Waals surface area contributed by atoms with E-state index < -0.39 is 0 Å². The summed E-state index contributed by atoms with van der Waals surface area (Å²) in [5.41, 5.74) is 4.14. The number of phenols is 1. The molecule has 3 aromatic carbocycles. The van der Waals surface area contributed by atoms with Crippen molar-refractivity contribution in [2.24, 2.45) is 0 Å². The summed E-state index contributed by atoms with van der Waals surface area (Å²) in [6.07, 6.45) is 1.84. The quantitative estimate of drug-likeness (QED) is 0.556. The summed E-state index contributed by atoms with van der Waals surface area (Å²) in [5.74, 6) is 0.611. The van der Waals surface area contributed by atoms with Gasteiger partial charge >= 0.3 is 0 Å². The van der Waals surface area contributed by atoms with Gasteiger partial charge in [0.1, 0.15) is 0 Å². The highest BCUT2D eigenvalue weighted by molar-refractivity contribution is 5.96. The molecular formula is C22H17NO2. The first-order valence-corrected chi connectivity index (χ1v) is 8.08. The van der Waals surface area contributed by atoms with Crippen LogP contribution in [0.15, 0.2) is 79.0 Å². The van der Waals surface area contributed by atoms with Crippen LogP contribution < -0.4 is 4.74 Å². The van der Waals surface area contributed by atoms with Gasteiger partial charge in [0.15, 0.2) is 11.5 Å². The summed E-state index contributed by atoms with van der Waals surface area (Å²) in [5, 5.41) is 12.0. The molecule has 0 aliphatic heterocycles. The van der Waals surface area contributed by atoms with Crippen molar-refractivity contribution < 1.29 is 9.84 Å². The number of methoxy groups -OCH3 is 1. The number of hydrogen-bond acceptors (Lipinski definition) is 3. The third-order valence-electron chi connectivity index (χ3n) is 4.32. The van der Waals surface area contributed by atoms with E-state index in [4.69, 9.17) is 4.74 Å². The molecule has 0 atom stereocenters. The third-order valence-corrected chi connectivity index (χ3v) is 4.32. The first-order valence-electron chi connectivity index (χ1n) is 8.08. The highest BCUT2D eigenvalue weighted by Gasteiger charge is 2.08. The lowest BCUT2D eigenvalue weighted by atomic mass is 9.98. The fourth-order valence-electron chi connectivity index (χ4n) is 3.04. The summed E-state index contributed by atoms with van der Waals surface area (Å²) in [4.78, 5) is 4.57. The molecule has 122 valence electrons. The van der Waals surface area contributed by atoms with Crippen molar-refractivity contribution in [2.75, 3.05) is 7.11 Å². The Kier molecular flexibility index (Phi) is 3.82. The molecule has 0 aliphatic rings. The maximum Gasteiger partial charge on any atom is 0.161 e. The van der Waals surface area contributed by atoms with E-state index in [1.807, 2.05) is 42.6 Å². The number of aromatic nitrogens is 1. The van der Waals surface area contributed by atoms with Crippen LogP contribution in [0, 0.1) is 0 Å². The lowest BCUT2D eigenvalue weighted by Gasteiger charge is -2.10. The van der Waals surface area contributed by atoms with Crippen LogP contribution in [0.3, 0.4) is 0 Å². The smallest absolute Gasteiger partial charge is 0.161 e. The van der Waals surface area contributed by atoms with Crippen molar-refractivity contribution in [3.05, 3.63) is 79.0 Å². The zero-order valence-corrected chi connectivity index (χ0v) is 13.8. The molecule has 3 heteroatoms. The first kappa shape index (κ1) is 15.2. The second-order valence-corrected chi connectivity index (χ2v) is 5.85. The van der Waals surface area contributed by atoms with Gasteiger partial charge in [0.05, 0.1) is 12.8 Å². The molecule has 0 spiro atoms. The molecule has 0 unspecified atom stereocenters. The van der Waals surface area contributed by atoms with Gasteiger partial charge in [0.25, 0.3) is 0 Å². The van der Waals surface area contributed by atoms with E-state index in [1.54, 1.807) is 13.2 Å². The molecule has 3 nitrogen and oxygen atoms in total. The van der Waals surface area contributed by atoms with Crippen LogP contribution in [-0.4, -0.2) is 17.2 Å². The van der Waals surface area contributed by atoms with Crippen LogP contribution in [-0.2, 0) is 0 Å². The summed E-state index contributed by atoms with van der Waals surface area (Å²) in [6, 6.07) is 23.9. The highest BCUT2D eigenvalue weighted by Crippen LogP contribution is 2.34. The second-order valence-electron chi connectivity index (χ2n) is 5.85. The third kappa shape index (κ3) is 2.81. The Morgan fingerprint density at radius 3 is 2.36 bits per heavy atom. The summed E-state index contributed by atoms with van der Waals surface area (Å²) in [7, 11) is 1.55. The summed E-state index contributed by atoms with van der Waals surface area (Å²) >= 11 is 0. The van der Waals surface area contributed by atoms with Gasteiger partial charge in [-0.1, -0.05) is 48.5 Å². The Morgan fingerprint density at radius 2 is 1.56 bits per heavy atom. The molecule has 0 radical (unpaired) electrons. The Morgan fingerprint density at radius 1 is 0.800 bits per heavy atom. The Balaban J connectivity index is 1.84. The van der Waals surface area contributed by atoms with E-state index >= 15 is 0 Å². The number of fused-ring (bicyclic) bond motifs is 1. The number of ether oxygens (including phenoxy) is 1. The number of nitrogens with zero attached hydrogens (tertiary/aromatic N) is 1. The van der Waals surface area contributed by atoms with Crippen molar-refractivity contribution in [3.63, 3.8) is 0 Å². The fraction of sp³-hybridized carbons (Fsp3) is 0.0455. The average Bonchev–Trinajstić information content (AvgIpc) is 2.68. The van der Waals surface area contributed by atoms with Gasteiger partial charge in [-0.2, -0.15) is 0 Å². The molecule has 0 amide bonds. The Labute approximate surface area is 146 Å². The van der Waals surface area contributed by atoms with Crippen LogP contribution >= 0.6 is 0 Å². The highest BCUT2D eigenvalue weighted by atomic mass is 16.5. The van der Waals surface area contributed by atoms with E-state index in [9.17, 15) is 5.11 Å². The minimum absolute atomic E-state index is 0.141. The SMILES string of the molecule is COc1cc(-c2ccc3c(-c4ccccc4)nccc3c2)ccc1O. The molecule has 0 fully saturated rings. The number of pyridine rings is 1. The normalized spacial score (nSPS) is 10.8. The average molecular weight is 327 g/mol. The van der Waals surface area contributed by atoms with Gasteiger partial charge < -0.3 is 9.84 Å². The topological polar surface area (TPSA) is 42.4 Å². The molecule has 0 saturated carbocycles. The maximum absolute atomic E-state index is 9.78. The Hall–Kier alpha value is -3.33. The number of rotatable bonds is 3. The van der Waals surface area contributed by atoms with Crippen LogP contribution in [0.2, 0.25) is 0 Å². The predicted molar refractivity (Wildman–Crippen MR) is 101 cm³/mol. The van der Waals surface area contributed by atoms with E-state index in [2.05, 4.69) is 35.3 Å². The molecule has 25 heavy (non-hydrogen) atoms. The minimum atomic E-state index is 0.141. The molecule has 4 rings (SSSR count). The van der Waals surface area contributed by atoms with Crippen molar-refractivity contribution in [1.29, 1.82) is 0 Å². The molecule has 1 heterocycles. The molecule has 4 aromatic rings.